The summed E-state index contributed by atoms with van der Waals surface area (Å²) in [6.45, 7) is 4.38. The number of aromatic nitrogens is 1. The van der Waals surface area contributed by atoms with Crippen LogP contribution in [0.15, 0.2) is 5.51 Å². The van der Waals surface area contributed by atoms with Gasteiger partial charge in [-0.3, -0.25) is 9.59 Å². The first-order valence-electron chi connectivity index (χ1n) is 8.56. The molecule has 3 fully saturated rings. The summed E-state index contributed by atoms with van der Waals surface area (Å²) in [5, 5.41) is 0. The molecule has 0 spiro atoms. The highest BCUT2D eigenvalue weighted by molar-refractivity contribution is 7.09. The predicted octanol–water partition coefficient (Wildman–Crippen LogP) is 1.48. The van der Waals surface area contributed by atoms with Gasteiger partial charge in [0.05, 0.1) is 23.7 Å². The molecule has 7 heteroatoms. The summed E-state index contributed by atoms with van der Waals surface area (Å²) in [5.74, 6) is 0.299. The second kappa shape index (κ2) is 7.61. The van der Waals surface area contributed by atoms with Gasteiger partial charge >= 0.3 is 0 Å². The van der Waals surface area contributed by atoms with Gasteiger partial charge in [0, 0.05) is 44.1 Å². The summed E-state index contributed by atoms with van der Waals surface area (Å²) in [7, 11) is 1.65. The number of aryl methyl sites for hydroxylation is 2. The Labute approximate surface area is 146 Å². The van der Waals surface area contributed by atoms with Crippen LogP contribution in [-0.2, 0) is 20.7 Å². The fourth-order valence-corrected chi connectivity index (χ4v) is 4.45. The Morgan fingerprint density at radius 2 is 2.25 bits per heavy atom. The average molecular weight is 351 g/mol. The van der Waals surface area contributed by atoms with Crippen molar-refractivity contribution in [3.05, 3.63) is 16.1 Å². The maximum atomic E-state index is 12.7. The molecule has 0 saturated carbocycles. The quantitative estimate of drug-likeness (QED) is 0.779. The Bertz CT molecular complexity index is 604. The maximum absolute atomic E-state index is 12.7. The van der Waals surface area contributed by atoms with Crippen molar-refractivity contribution in [2.45, 2.75) is 38.6 Å². The lowest BCUT2D eigenvalue weighted by molar-refractivity contribution is -0.140. The molecule has 0 aromatic carbocycles. The van der Waals surface area contributed by atoms with Crippen LogP contribution in [0.3, 0.4) is 0 Å². The van der Waals surface area contributed by atoms with Gasteiger partial charge in [-0.05, 0) is 26.2 Å². The number of hydrogen-bond donors (Lipinski definition) is 0. The van der Waals surface area contributed by atoms with E-state index in [0.29, 0.717) is 32.7 Å². The Morgan fingerprint density at radius 3 is 2.96 bits per heavy atom. The Hall–Kier alpha value is -1.47. The number of piperidine rings is 1. The van der Waals surface area contributed by atoms with Crippen molar-refractivity contribution < 1.29 is 14.3 Å². The number of fused-ring (bicyclic) bond motifs is 4. The summed E-state index contributed by atoms with van der Waals surface area (Å²) < 4.78 is 5.13. The van der Waals surface area contributed by atoms with Gasteiger partial charge in [-0.25, -0.2) is 4.98 Å². The predicted molar refractivity (Wildman–Crippen MR) is 91.9 cm³/mol. The molecule has 0 aliphatic carbocycles. The third kappa shape index (κ3) is 3.62. The van der Waals surface area contributed by atoms with Crippen LogP contribution >= 0.6 is 11.3 Å². The molecule has 0 radical (unpaired) electrons. The van der Waals surface area contributed by atoms with Crippen molar-refractivity contribution in [1.29, 1.82) is 0 Å². The van der Waals surface area contributed by atoms with Crippen molar-refractivity contribution in [3.8, 4) is 0 Å². The maximum Gasteiger partial charge on any atom is 0.227 e. The first-order valence-corrected chi connectivity index (χ1v) is 9.44. The molecule has 1 aromatic rings. The zero-order valence-corrected chi connectivity index (χ0v) is 15.2. The number of rotatable bonds is 6. The van der Waals surface area contributed by atoms with E-state index < -0.39 is 0 Å². The standard InChI is InChI=1S/C17H25N3O3S/c1-12-15(24-11-18-12)5-6-16(21)19-9-13-3-4-14(10-19)20(17(13)22)7-8-23-2/h11,13-14H,3-10H2,1-2H3/t13-,14+/m0/s1. The third-order valence-corrected chi connectivity index (χ3v) is 6.09. The summed E-state index contributed by atoms with van der Waals surface area (Å²) in [5.41, 5.74) is 2.85. The van der Waals surface area contributed by atoms with Gasteiger partial charge < -0.3 is 14.5 Å². The molecule has 132 valence electrons. The summed E-state index contributed by atoms with van der Waals surface area (Å²) in [6, 6.07) is 0.139. The molecule has 3 aliphatic heterocycles. The van der Waals surface area contributed by atoms with E-state index in [2.05, 4.69) is 4.98 Å². The lowest BCUT2D eigenvalue weighted by Crippen LogP contribution is -2.49. The van der Waals surface area contributed by atoms with Crippen LogP contribution in [0, 0.1) is 12.8 Å². The van der Waals surface area contributed by atoms with E-state index in [4.69, 9.17) is 4.74 Å². The van der Waals surface area contributed by atoms with E-state index in [-0.39, 0.29) is 23.8 Å². The van der Waals surface area contributed by atoms with E-state index in [1.165, 1.54) is 4.88 Å². The molecule has 24 heavy (non-hydrogen) atoms. The van der Waals surface area contributed by atoms with Gasteiger partial charge in [0.25, 0.3) is 0 Å². The zero-order chi connectivity index (χ0) is 17.1. The molecular weight excluding hydrogens is 326 g/mol. The summed E-state index contributed by atoms with van der Waals surface area (Å²) >= 11 is 1.61. The number of amides is 2. The van der Waals surface area contributed by atoms with Crippen LogP contribution in [-0.4, -0.2) is 66.0 Å². The molecule has 2 bridgehead atoms. The third-order valence-electron chi connectivity index (χ3n) is 5.09. The smallest absolute Gasteiger partial charge is 0.227 e. The first-order chi connectivity index (χ1) is 11.6. The number of carbonyl (C=O) groups is 2. The van der Waals surface area contributed by atoms with E-state index in [0.717, 1.165) is 25.0 Å². The molecule has 2 amide bonds. The molecule has 2 atom stereocenters. The minimum atomic E-state index is -0.0466. The minimum absolute atomic E-state index is 0.0466. The van der Waals surface area contributed by atoms with Gasteiger partial charge in [-0.1, -0.05) is 0 Å². The second-order valence-corrected chi connectivity index (χ2v) is 7.55. The molecule has 3 saturated heterocycles. The number of nitrogens with zero attached hydrogens (tertiary/aromatic N) is 3. The van der Waals surface area contributed by atoms with E-state index in [1.54, 1.807) is 18.4 Å². The van der Waals surface area contributed by atoms with Gasteiger partial charge in [0.15, 0.2) is 0 Å². The van der Waals surface area contributed by atoms with Crippen molar-refractivity contribution in [2.24, 2.45) is 5.92 Å². The normalized spacial score (nSPS) is 23.7. The lowest BCUT2D eigenvalue weighted by Gasteiger charge is -2.35. The molecule has 4 rings (SSSR count). The second-order valence-electron chi connectivity index (χ2n) is 6.61. The fraction of sp³-hybridized carbons (Fsp3) is 0.706. The topological polar surface area (TPSA) is 62.7 Å². The number of hydrogen-bond acceptors (Lipinski definition) is 5. The average Bonchev–Trinajstić information content (AvgIpc) is 2.80. The molecule has 4 heterocycles. The largest absolute Gasteiger partial charge is 0.383 e. The van der Waals surface area contributed by atoms with Crippen molar-refractivity contribution in [2.75, 3.05) is 33.4 Å². The fourth-order valence-electron chi connectivity index (χ4n) is 3.67. The number of thiazole rings is 1. The summed E-state index contributed by atoms with van der Waals surface area (Å²) in [6.07, 6.45) is 3.11. The van der Waals surface area contributed by atoms with Crippen molar-refractivity contribution in [3.63, 3.8) is 0 Å². The highest BCUT2D eigenvalue weighted by atomic mass is 32.1. The van der Waals surface area contributed by atoms with E-state index in [1.807, 2.05) is 22.2 Å². The van der Waals surface area contributed by atoms with Gasteiger partial charge in [0.1, 0.15) is 0 Å². The highest BCUT2D eigenvalue weighted by Crippen LogP contribution is 2.29. The molecule has 1 aromatic heterocycles. The van der Waals surface area contributed by atoms with Gasteiger partial charge in [-0.15, -0.1) is 11.3 Å². The minimum Gasteiger partial charge on any atom is -0.383 e. The molecule has 6 nitrogen and oxygen atoms in total. The van der Waals surface area contributed by atoms with E-state index in [9.17, 15) is 9.59 Å². The van der Waals surface area contributed by atoms with Crippen LogP contribution in [0.4, 0.5) is 0 Å². The van der Waals surface area contributed by atoms with Crippen LogP contribution in [0.5, 0.6) is 0 Å². The zero-order valence-electron chi connectivity index (χ0n) is 14.4. The number of carbonyl (C=O) groups excluding carboxylic acids is 2. The Morgan fingerprint density at radius 1 is 1.42 bits per heavy atom. The van der Waals surface area contributed by atoms with Crippen LogP contribution in [0.2, 0.25) is 0 Å². The molecule has 3 aliphatic rings. The van der Waals surface area contributed by atoms with Crippen LogP contribution < -0.4 is 0 Å². The summed E-state index contributed by atoms with van der Waals surface area (Å²) in [4.78, 5) is 34.5. The number of ether oxygens (including phenoxy) is 1. The Kier molecular flexibility index (Phi) is 5.50. The first kappa shape index (κ1) is 17.4. The Balaban J connectivity index is 1.62. The molecule has 0 N–H and O–H groups in total. The van der Waals surface area contributed by atoms with Crippen molar-refractivity contribution >= 4 is 23.2 Å². The number of methoxy groups -OCH3 is 1. The van der Waals surface area contributed by atoms with Gasteiger partial charge in [-0.2, -0.15) is 0 Å². The van der Waals surface area contributed by atoms with Crippen molar-refractivity contribution in [1.82, 2.24) is 14.8 Å². The van der Waals surface area contributed by atoms with E-state index >= 15 is 0 Å². The van der Waals surface area contributed by atoms with Gasteiger partial charge in [0.2, 0.25) is 11.8 Å². The SMILES string of the molecule is COCCN1C(=O)[C@H]2CC[C@@H]1CN(C(=O)CCc1scnc1C)C2. The van der Waals surface area contributed by atoms with Crippen LogP contribution in [0.25, 0.3) is 0 Å². The van der Waals surface area contributed by atoms with Crippen LogP contribution in [0.1, 0.15) is 29.8 Å². The monoisotopic (exact) mass is 351 g/mol. The highest BCUT2D eigenvalue weighted by Gasteiger charge is 2.41. The molecular formula is C17H25N3O3S. The lowest BCUT2D eigenvalue weighted by atomic mass is 9.94. The molecule has 0 unspecified atom stereocenters.